The minimum atomic E-state index is 0.627. The van der Waals surface area contributed by atoms with Crippen LogP contribution in [0.25, 0.3) is 0 Å². The summed E-state index contributed by atoms with van der Waals surface area (Å²) in [6.45, 7) is 6.28. The Kier molecular flexibility index (Phi) is 5.70. The largest absolute Gasteiger partial charge is 0.371 e. The quantitative estimate of drug-likeness (QED) is 0.901. The van der Waals surface area contributed by atoms with Gasteiger partial charge < -0.3 is 15.1 Å². The number of rotatable bonds is 5. The summed E-state index contributed by atoms with van der Waals surface area (Å²) in [6, 6.07) is 7.07. The summed E-state index contributed by atoms with van der Waals surface area (Å²) in [5.74, 6) is 0. The van der Waals surface area contributed by atoms with Gasteiger partial charge in [0.15, 0.2) is 0 Å². The summed E-state index contributed by atoms with van der Waals surface area (Å²) in [5, 5.41) is 4.18. The summed E-state index contributed by atoms with van der Waals surface area (Å²) >= 11 is 6.40. The molecule has 0 unspecified atom stereocenters. The smallest absolute Gasteiger partial charge is 0.0471 e. The van der Waals surface area contributed by atoms with Gasteiger partial charge in [0.25, 0.3) is 0 Å². The Labute approximate surface area is 127 Å². The number of anilines is 1. The predicted molar refractivity (Wildman–Crippen MR) is 87.8 cm³/mol. The molecule has 0 amide bonds. The number of nitrogens with one attached hydrogen (secondary N) is 1. The third-order valence-electron chi connectivity index (χ3n) is 4.25. The molecule has 4 heteroatoms. The molecule has 112 valence electrons. The van der Waals surface area contributed by atoms with E-state index in [0.29, 0.717) is 6.04 Å². The van der Waals surface area contributed by atoms with Crippen LogP contribution in [0.5, 0.6) is 0 Å². The van der Waals surface area contributed by atoms with Crippen molar-refractivity contribution < 1.29 is 0 Å². The molecule has 0 aliphatic carbocycles. The highest BCUT2D eigenvalue weighted by Gasteiger charge is 2.21. The number of piperidine rings is 1. The van der Waals surface area contributed by atoms with E-state index in [1.807, 2.05) is 0 Å². The lowest BCUT2D eigenvalue weighted by Gasteiger charge is -2.36. The van der Waals surface area contributed by atoms with Crippen LogP contribution < -0.4 is 10.2 Å². The Balaban J connectivity index is 2.03. The van der Waals surface area contributed by atoms with E-state index >= 15 is 0 Å². The molecule has 0 spiro atoms. The number of benzene rings is 1. The van der Waals surface area contributed by atoms with Gasteiger partial charge in [-0.2, -0.15) is 0 Å². The van der Waals surface area contributed by atoms with Crippen molar-refractivity contribution in [3.63, 3.8) is 0 Å². The lowest BCUT2D eigenvalue weighted by atomic mass is 10.0. The molecule has 3 nitrogen and oxygen atoms in total. The summed E-state index contributed by atoms with van der Waals surface area (Å²) in [7, 11) is 4.38. The number of hydrogen-bond donors (Lipinski definition) is 1. The molecule has 1 N–H and O–H groups in total. The Morgan fingerprint density at radius 2 is 2.05 bits per heavy atom. The fourth-order valence-corrected chi connectivity index (χ4v) is 2.99. The zero-order valence-electron chi connectivity index (χ0n) is 12.8. The van der Waals surface area contributed by atoms with Crippen LogP contribution in [-0.2, 0) is 6.54 Å². The predicted octanol–water partition coefficient (Wildman–Crippen LogP) is 2.98. The maximum absolute atomic E-state index is 6.40. The van der Waals surface area contributed by atoms with Gasteiger partial charge in [0.2, 0.25) is 0 Å². The normalized spacial score (nSPS) is 17.4. The van der Waals surface area contributed by atoms with E-state index in [1.165, 1.54) is 37.2 Å². The molecule has 0 bridgehead atoms. The van der Waals surface area contributed by atoms with Crippen LogP contribution in [0.15, 0.2) is 18.2 Å². The van der Waals surface area contributed by atoms with Crippen LogP contribution >= 0.6 is 11.6 Å². The van der Waals surface area contributed by atoms with Crippen molar-refractivity contribution in [1.82, 2.24) is 10.2 Å². The third-order valence-corrected chi connectivity index (χ3v) is 4.60. The van der Waals surface area contributed by atoms with E-state index in [1.54, 1.807) is 0 Å². The number of halogens is 1. The second kappa shape index (κ2) is 7.30. The molecule has 1 aromatic rings. The molecule has 0 aromatic heterocycles. The first kappa shape index (κ1) is 15.6. The minimum Gasteiger partial charge on any atom is -0.371 e. The van der Waals surface area contributed by atoms with Crippen molar-refractivity contribution >= 4 is 17.3 Å². The zero-order valence-corrected chi connectivity index (χ0v) is 13.6. The van der Waals surface area contributed by atoms with Crippen LogP contribution in [0.4, 0.5) is 5.69 Å². The lowest BCUT2D eigenvalue weighted by molar-refractivity contribution is 0.253. The van der Waals surface area contributed by atoms with Gasteiger partial charge in [0.05, 0.1) is 0 Å². The van der Waals surface area contributed by atoms with E-state index in [4.69, 9.17) is 11.6 Å². The third kappa shape index (κ3) is 3.87. The van der Waals surface area contributed by atoms with E-state index < -0.39 is 0 Å². The SMILES string of the molecule is CCNCc1ccc(N(C)C2CCN(C)CC2)cc1Cl. The fraction of sp³-hybridized carbons (Fsp3) is 0.625. The van der Waals surface area contributed by atoms with Crippen molar-refractivity contribution in [3.8, 4) is 0 Å². The summed E-state index contributed by atoms with van der Waals surface area (Å²) in [4.78, 5) is 4.78. The second-order valence-electron chi connectivity index (χ2n) is 5.70. The van der Waals surface area contributed by atoms with Gasteiger partial charge in [-0.25, -0.2) is 0 Å². The first-order valence-corrected chi connectivity index (χ1v) is 7.90. The van der Waals surface area contributed by atoms with Gasteiger partial charge in [-0.3, -0.25) is 0 Å². The van der Waals surface area contributed by atoms with E-state index in [9.17, 15) is 0 Å². The van der Waals surface area contributed by atoms with E-state index in [-0.39, 0.29) is 0 Å². The molecule has 0 radical (unpaired) electrons. The van der Waals surface area contributed by atoms with Crippen LogP contribution in [0.1, 0.15) is 25.3 Å². The van der Waals surface area contributed by atoms with Crippen LogP contribution in [0.2, 0.25) is 5.02 Å². The molecule has 1 aliphatic rings. The highest BCUT2D eigenvalue weighted by Crippen LogP contribution is 2.26. The molecular formula is C16H26ClN3. The Hall–Kier alpha value is -0.770. The van der Waals surface area contributed by atoms with E-state index in [0.717, 1.165) is 18.1 Å². The van der Waals surface area contributed by atoms with Gasteiger partial charge >= 0.3 is 0 Å². The van der Waals surface area contributed by atoms with Crippen LogP contribution in [0, 0.1) is 0 Å². The Morgan fingerprint density at radius 1 is 1.35 bits per heavy atom. The molecule has 1 aliphatic heterocycles. The minimum absolute atomic E-state index is 0.627. The van der Waals surface area contributed by atoms with Crippen molar-refractivity contribution in [3.05, 3.63) is 28.8 Å². The van der Waals surface area contributed by atoms with Crippen LogP contribution in [0.3, 0.4) is 0 Å². The topological polar surface area (TPSA) is 18.5 Å². The monoisotopic (exact) mass is 295 g/mol. The van der Waals surface area contributed by atoms with Gasteiger partial charge in [-0.15, -0.1) is 0 Å². The molecule has 0 saturated carbocycles. The average Bonchev–Trinajstić information content (AvgIpc) is 2.46. The Morgan fingerprint density at radius 3 is 2.65 bits per heavy atom. The van der Waals surface area contributed by atoms with Gasteiger partial charge in [0.1, 0.15) is 0 Å². The first-order valence-electron chi connectivity index (χ1n) is 7.52. The number of likely N-dealkylation sites (tertiary alicyclic amines) is 1. The van der Waals surface area contributed by atoms with Crippen molar-refractivity contribution in [2.45, 2.75) is 32.4 Å². The summed E-state index contributed by atoms with van der Waals surface area (Å²) < 4.78 is 0. The molecule has 20 heavy (non-hydrogen) atoms. The van der Waals surface area contributed by atoms with Gasteiger partial charge in [0, 0.05) is 30.3 Å². The molecule has 0 atom stereocenters. The van der Waals surface area contributed by atoms with Crippen molar-refractivity contribution in [1.29, 1.82) is 0 Å². The zero-order chi connectivity index (χ0) is 14.5. The van der Waals surface area contributed by atoms with Crippen molar-refractivity contribution in [2.24, 2.45) is 0 Å². The molecule has 2 rings (SSSR count). The number of nitrogens with zero attached hydrogens (tertiary/aromatic N) is 2. The maximum atomic E-state index is 6.40. The van der Waals surface area contributed by atoms with Gasteiger partial charge in [-0.1, -0.05) is 24.6 Å². The fourth-order valence-electron chi connectivity index (χ4n) is 2.75. The first-order chi connectivity index (χ1) is 9.61. The molecule has 1 heterocycles. The molecular weight excluding hydrogens is 270 g/mol. The highest BCUT2D eigenvalue weighted by atomic mass is 35.5. The van der Waals surface area contributed by atoms with Gasteiger partial charge in [-0.05, 0) is 57.2 Å². The second-order valence-corrected chi connectivity index (χ2v) is 6.11. The summed E-state index contributed by atoms with van der Waals surface area (Å²) in [5.41, 5.74) is 2.40. The van der Waals surface area contributed by atoms with E-state index in [2.05, 4.69) is 54.3 Å². The van der Waals surface area contributed by atoms with Crippen LogP contribution in [-0.4, -0.2) is 44.7 Å². The number of hydrogen-bond acceptors (Lipinski definition) is 3. The highest BCUT2D eigenvalue weighted by molar-refractivity contribution is 6.31. The molecule has 1 fully saturated rings. The standard InChI is InChI=1S/C16H26ClN3/c1-4-18-12-13-5-6-15(11-16(13)17)20(3)14-7-9-19(2)10-8-14/h5-6,11,14,18H,4,7-10,12H2,1-3H3. The Bertz CT molecular complexity index is 428. The molecule has 1 saturated heterocycles. The lowest BCUT2D eigenvalue weighted by Crippen LogP contribution is -2.42. The summed E-state index contributed by atoms with van der Waals surface area (Å²) in [6.07, 6.45) is 2.45. The maximum Gasteiger partial charge on any atom is 0.0471 e. The molecule has 1 aromatic carbocycles. The van der Waals surface area contributed by atoms with Crippen molar-refractivity contribution in [2.75, 3.05) is 38.6 Å². The average molecular weight is 296 g/mol.